The second-order valence-corrected chi connectivity index (χ2v) is 5.81. The molecule has 0 saturated carbocycles. The maximum Gasteiger partial charge on any atom is 0.108 e. The number of benzene rings is 1. The molecule has 0 radical (unpaired) electrons. The number of rotatable bonds is 2. The molecule has 0 aliphatic carbocycles. The third kappa shape index (κ3) is 2.91. The van der Waals surface area contributed by atoms with Crippen LogP contribution in [0, 0.1) is 6.92 Å². The van der Waals surface area contributed by atoms with Crippen LogP contribution in [0.25, 0.3) is 10.9 Å². The molecule has 1 aromatic carbocycles. The molecule has 112 valence electrons. The van der Waals surface area contributed by atoms with Gasteiger partial charge in [-0.3, -0.25) is 9.88 Å². The van der Waals surface area contributed by atoms with Gasteiger partial charge in [0.25, 0.3) is 0 Å². The Morgan fingerprint density at radius 1 is 1.19 bits per heavy atom. The van der Waals surface area contributed by atoms with E-state index in [9.17, 15) is 15.3 Å². The van der Waals surface area contributed by atoms with Crippen LogP contribution < -0.4 is 0 Å². The molecule has 1 aromatic heterocycles. The zero-order chi connectivity index (χ0) is 15.0. The summed E-state index contributed by atoms with van der Waals surface area (Å²) in [6.07, 6.45) is -1.08. The number of aromatic nitrogens is 1. The minimum absolute atomic E-state index is 0.363. The quantitative estimate of drug-likeness (QED) is 0.747. The molecule has 0 amide bonds. The van der Waals surface area contributed by atoms with E-state index in [0.29, 0.717) is 19.6 Å². The van der Waals surface area contributed by atoms with Gasteiger partial charge in [-0.15, -0.1) is 0 Å². The second kappa shape index (κ2) is 5.69. The fourth-order valence-corrected chi connectivity index (χ4v) is 3.01. The number of aliphatic hydroxyl groups excluding tert-OH is 3. The normalized spacial score (nSPS) is 27.1. The molecule has 0 spiro atoms. The maximum absolute atomic E-state index is 9.76. The standard InChI is InChI=1S/C16H20N2O3/c1-10-5-11(6-12-3-2-4-17-15(10)12)7-18-8-13(19)16(21)14(20)9-18/h2-6,13-14,16,19-21H,7-9H2,1H3/t13-,14+,16?. The Labute approximate surface area is 123 Å². The van der Waals surface area contributed by atoms with Crippen molar-refractivity contribution in [2.24, 2.45) is 0 Å². The average molecular weight is 288 g/mol. The third-order valence-corrected chi connectivity index (χ3v) is 4.04. The summed E-state index contributed by atoms with van der Waals surface area (Å²) in [6, 6.07) is 8.11. The van der Waals surface area contributed by atoms with Crippen LogP contribution in [0.4, 0.5) is 0 Å². The summed E-state index contributed by atoms with van der Waals surface area (Å²) in [5.41, 5.74) is 3.22. The lowest BCUT2D eigenvalue weighted by Gasteiger charge is -2.36. The van der Waals surface area contributed by atoms with Crippen molar-refractivity contribution in [1.29, 1.82) is 0 Å². The van der Waals surface area contributed by atoms with Crippen molar-refractivity contribution in [2.75, 3.05) is 13.1 Å². The fourth-order valence-electron chi connectivity index (χ4n) is 3.01. The van der Waals surface area contributed by atoms with E-state index in [1.54, 1.807) is 6.20 Å². The lowest BCUT2D eigenvalue weighted by atomic mass is 10.0. The molecule has 2 aromatic rings. The van der Waals surface area contributed by atoms with Gasteiger partial charge in [-0.25, -0.2) is 0 Å². The van der Waals surface area contributed by atoms with E-state index in [0.717, 1.165) is 22.0 Å². The van der Waals surface area contributed by atoms with Gasteiger partial charge in [0, 0.05) is 31.2 Å². The van der Waals surface area contributed by atoms with Gasteiger partial charge in [-0.2, -0.15) is 0 Å². The number of piperidine rings is 1. The highest BCUT2D eigenvalue weighted by Crippen LogP contribution is 2.21. The second-order valence-electron chi connectivity index (χ2n) is 5.81. The Hall–Kier alpha value is -1.53. The zero-order valence-electron chi connectivity index (χ0n) is 12.0. The zero-order valence-corrected chi connectivity index (χ0v) is 12.0. The number of likely N-dealkylation sites (tertiary alicyclic amines) is 1. The van der Waals surface area contributed by atoms with Gasteiger partial charge in [-0.05, 0) is 30.2 Å². The molecular weight excluding hydrogens is 268 g/mol. The summed E-state index contributed by atoms with van der Waals surface area (Å²) >= 11 is 0. The van der Waals surface area contributed by atoms with E-state index >= 15 is 0 Å². The number of aryl methyl sites for hydroxylation is 1. The Kier molecular flexibility index (Phi) is 3.91. The molecule has 2 heterocycles. The number of hydrogen-bond donors (Lipinski definition) is 3. The highest BCUT2D eigenvalue weighted by molar-refractivity contribution is 5.82. The van der Waals surface area contributed by atoms with E-state index in [1.165, 1.54) is 0 Å². The van der Waals surface area contributed by atoms with Gasteiger partial charge in [0.05, 0.1) is 17.7 Å². The molecule has 3 rings (SSSR count). The summed E-state index contributed by atoms with van der Waals surface area (Å²) in [7, 11) is 0. The number of aliphatic hydroxyl groups is 3. The molecule has 21 heavy (non-hydrogen) atoms. The molecule has 3 atom stereocenters. The molecule has 1 saturated heterocycles. The molecule has 5 nitrogen and oxygen atoms in total. The molecular formula is C16H20N2O3. The van der Waals surface area contributed by atoms with Crippen LogP contribution in [0.2, 0.25) is 0 Å². The molecule has 1 fully saturated rings. The first kappa shape index (κ1) is 14.4. The lowest BCUT2D eigenvalue weighted by Crippen LogP contribution is -2.54. The van der Waals surface area contributed by atoms with Crippen molar-refractivity contribution in [3.05, 3.63) is 41.6 Å². The first-order valence-electron chi connectivity index (χ1n) is 7.15. The van der Waals surface area contributed by atoms with Gasteiger partial charge in [0.15, 0.2) is 0 Å². The smallest absolute Gasteiger partial charge is 0.108 e. The third-order valence-electron chi connectivity index (χ3n) is 4.04. The van der Waals surface area contributed by atoms with Crippen LogP contribution in [0.1, 0.15) is 11.1 Å². The van der Waals surface area contributed by atoms with E-state index in [2.05, 4.69) is 17.1 Å². The fraction of sp³-hybridized carbons (Fsp3) is 0.438. The summed E-state index contributed by atoms with van der Waals surface area (Å²) in [5, 5.41) is 30.2. The van der Waals surface area contributed by atoms with Gasteiger partial charge in [-0.1, -0.05) is 12.1 Å². The van der Waals surface area contributed by atoms with Crippen LogP contribution in [0.15, 0.2) is 30.5 Å². The maximum atomic E-state index is 9.76. The highest BCUT2D eigenvalue weighted by Gasteiger charge is 2.33. The van der Waals surface area contributed by atoms with Crippen LogP contribution in [0.3, 0.4) is 0 Å². The van der Waals surface area contributed by atoms with Crippen molar-refractivity contribution in [2.45, 2.75) is 31.8 Å². The topological polar surface area (TPSA) is 76.8 Å². The summed E-state index contributed by atoms with van der Waals surface area (Å²) in [6.45, 7) is 3.39. The minimum atomic E-state index is -1.05. The lowest BCUT2D eigenvalue weighted by molar-refractivity contribution is -0.111. The number of nitrogens with zero attached hydrogens (tertiary/aromatic N) is 2. The number of β-amino-alcohol motifs (C(OH)–C–C–N with tert-alkyl or cyclic N) is 2. The van der Waals surface area contributed by atoms with Crippen LogP contribution in [-0.4, -0.2) is 56.6 Å². The SMILES string of the molecule is Cc1cc(CN2C[C@@H](O)C(O)[C@@H](O)C2)cc2cccnc12. The number of pyridine rings is 1. The van der Waals surface area contributed by atoms with Gasteiger partial charge in [0.1, 0.15) is 6.10 Å². The summed E-state index contributed by atoms with van der Waals surface area (Å²) < 4.78 is 0. The molecule has 1 unspecified atom stereocenters. The monoisotopic (exact) mass is 288 g/mol. The van der Waals surface area contributed by atoms with Crippen molar-refractivity contribution >= 4 is 10.9 Å². The molecule has 3 N–H and O–H groups in total. The largest absolute Gasteiger partial charge is 0.389 e. The van der Waals surface area contributed by atoms with Gasteiger partial charge >= 0.3 is 0 Å². The van der Waals surface area contributed by atoms with E-state index in [1.807, 2.05) is 24.0 Å². The molecule has 5 heteroatoms. The molecule has 1 aliphatic heterocycles. The Bertz CT molecular complexity index is 634. The van der Waals surface area contributed by atoms with Crippen molar-refractivity contribution in [3.8, 4) is 0 Å². The van der Waals surface area contributed by atoms with Crippen molar-refractivity contribution < 1.29 is 15.3 Å². The van der Waals surface area contributed by atoms with E-state index < -0.39 is 18.3 Å². The highest BCUT2D eigenvalue weighted by atomic mass is 16.4. The Balaban J connectivity index is 1.82. The number of hydrogen-bond acceptors (Lipinski definition) is 5. The van der Waals surface area contributed by atoms with Gasteiger partial charge < -0.3 is 15.3 Å². The van der Waals surface area contributed by atoms with Crippen LogP contribution in [0.5, 0.6) is 0 Å². The number of fused-ring (bicyclic) bond motifs is 1. The Morgan fingerprint density at radius 3 is 2.62 bits per heavy atom. The van der Waals surface area contributed by atoms with E-state index in [4.69, 9.17) is 0 Å². The predicted octanol–water partition coefficient (Wildman–Crippen LogP) is 0.442. The van der Waals surface area contributed by atoms with Crippen LogP contribution in [-0.2, 0) is 6.54 Å². The minimum Gasteiger partial charge on any atom is -0.389 e. The Morgan fingerprint density at radius 2 is 1.90 bits per heavy atom. The first-order valence-corrected chi connectivity index (χ1v) is 7.15. The molecule has 1 aliphatic rings. The summed E-state index contributed by atoms with van der Waals surface area (Å²) in [5.74, 6) is 0. The summed E-state index contributed by atoms with van der Waals surface area (Å²) in [4.78, 5) is 6.33. The van der Waals surface area contributed by atoms with Crippen molar-refractivity contribution in [1.82, 2.24) is 9.88 Å². The predicted molar refractivity (Wildman–Crippen MR) is 79.8 cm³/mol. The van der Waals surface area contributed by atoms with E-state index in [-0.39, 0.29) is 0 Å². The van der Waals surface area contributed by atoms with Crippen LogP contribution >= 0.6 is 0 Å². The van der Waals surface area contributed by atoms with Gasteiger partial charge in [0.2, 0.25) is 0 Å². The average Bonchev–Trinajstić information content (AvgIpc) is 2.45. The first-order chi connectivity index (χ1) is 10.0. The molecule has 0 bridgehead atoms. The van der Waals surface area contributed by atoms with Crippen molar-refractivity contribution in [3.63, 3.8) is 0 Å².